The summed E-state index contributed by atoms with van der Waals surface area (Å²) in [6.45, 7) is 1.96. The maximum atomic E-state index is 9.49. The Morgan fingerprint density at radius 2 is 2.08 bits per heavy atom. The second-order valence-electron chi connectivity index (χ2n) is 3.04. The average Bonchev–Trinajstić information content (AvgIpc) is 2.40. The second-order valence-corrected chi connectivity index (χ2v) is 3.04. The molecule has 3 heteroatoms. The zero-order chi connectivity index (χ0) is 9.42. The molecule has 0 amide bonds. The highest BCUT2D eigenvalue weighted by Gasteiger charge is 2.08. The van der Waals surface area contributed by atoms with E-state index in [1.165, 1.54) is 0 Å². The monoisotopic (exact) mass is 177 g/mol. The number of phenols is 1. The van der Waals surface area contributed by atoms with Crippen molar-refractivity contribution in [1.82, 2.24) is 4.98 Å². The lowest BCUT2D eigenvalue weighted by atomic mass is 10.1. The lowest BCUT2D eigenvalue weighted by Crippen LogP contribution is -1.76. The molecule has 1 heterocycles. The van der Waals surface area contributed by atoms with E-state index in [4.69, 9.17) is 0 Å². The van der Waals surface area contributed by atoms with Gasteiger partial charge in [0, 0.05) is 16.5 Å². The van der Waals surface area contributed by atoms with Crippen molar-refractivity contribution in [1.29, 1.82) is 0 Å². The van der Waals surface area contributed by atoms with Crippen LogP contribution in [0.4, 0.5) is 0 Å². The molecule has 2 rings (SSSR count). The molecule has 0 spiro atoms. The van der Waals surface area contributed by atoms with Crippen LogP contribution in [-0.2, 0) is 6.42 Å². The number of nitrogens with one attached hydrogen (secondary N) is 1. The molecule has 1 aromatic heterocycles. The molecule has 0 fully saturated rings. The van der Waals surface area contributed by atoms with E-state index in [9.17, 15) is 10.2 Å². The van der Waals surface area contributed by atoms with Gasteiger partial charge in [0.15, 0.2) is 5.88 Å². The van der Waals surface area contributed by atoms with E-state index in [2.05, 4.69) is 4.98 Å². The first-order chi connectivity index (χ1) is 6.22. The molecular weight excluding hydrogens is 166 g/mol. The van der Waals surface area contributed by atoms with Gasteiger partial charge in [-0.1, -0.05) is 6.92 Å². The van der Waals surface area contributed by atoms with E-state index < -0.39 is 0 Å². The molecule has 13 heavy (non-hydrogen) atoms. The lowest BCUT2D eigenvalue weighted by Gasteiger charge is -1.94. The number of rotatable bonds is 1. The number of aryl methyl sites for hydroxylation is 1. The maximum absolute atomic E-state index is 9.49. The molecule has 0 saturated heterocycles. The summed E-state index contributed by atoms with van der Waals surface area (Å²) in [6, 6.07) is 5.01. The summed E-state index contributed by atoms with van der Waals surface area (Å²) in [6.07, 6.45) is 0.745. The lowest BCUT2D eigenvalue weighted by molar-refractivity contribution is 0.452. The largest absolute Gasteiger partial charge is 0.508 e. The number of phenolic OH excluding ortho intramolecular Hbond substituents is 1. The number of aromatic hydroxyl groups is 2. The summed E-state index contributed by atoms with van der Waals surface area (Å²) in [5.41, 5.74) is 1.71. The molecule has 68 valence electrons. The molecule has 0 aliphatic rings. The summed E-state index contributed by atoms with van der Waals surface area (Å²) in [5, 5.41) is 19.6. The number of benzene rings is 1. The Morgan fingerprint density at radius 1 is 1.31 bits per heavy atom. The molecule has 0 saturated carbocycles. The topological polar surface area (TPSA) is 56.2 Å². The summed E-state index contributed by atoms with van der Waals surface area (Å²) in [4.78, 5) is 2.85. The Morgan fingerprint density at radius 3 is 2.77 bits per heavy atom. The quantitative estimate of drug-likeness (QED) is 0.625. The van der Waals surface area contributed by atoms with Gasteiger partial charge in [-0.3, -0.25) is 0 Å². The van der Waals surface area contributed by atoms with Gasteiger partial charge in [-0.05, 0) is 24.6 Å². The first kappa shape index (κ1) is 7.98. The SMILES string of the molecule is CCc1c(O)[nH]c2ccc(O)cc12. The third kappa shape index (κ3) is 1.13. The van der Waals surface area contributed by atoms with Crippen molar-refractivity contribution >= 4 is 10.9 Å². The van der Waals surface area contributed by atoms with Crippen molar-refractivity contribution in [3.8, 4) is 11.6 Å². The maximum Gasteiger partial charge on any atom is 0.192 e. The first-order valence-electron chi connectivity index (χ1n) is 4.25. The highest BCUT2D eigenvalue weighted by Crippen LogP contribution is 2.29. The minimum Gasteiger partial charge on any atom is -0.508 e. The summed E-state index contributed by atoms with van der Waals surface area (Å²) in [5.74, 6) is 0.421. The fraction of sp³-hybridized carbons (Fsp3) is 0.200. The normalized spacial score (nSPS) is 10.8. The third-order valence-corrected chi connectivity index (χ3v) is 2.22. The van der Waals surface area contributed by atoms with Crippen molar-refractivity contribution in [2.24, 2.45) is 0 Å². The molecule has 0 aliphatic carbocycles. The van der Waals surface area contributed by atoms with Crippen molar-refractivity contribution in [3.05, 3.63) is 23.8 Å². The molecule has 0 atom stereocenters. The van der Waals surface area contributed by atoms with Crippen molar-refractivity contribution in [3.63, 3.8) is 0 Å². The van der Waals surface area contributed by atoms with Gasteiger partial charge in [0.2, 0.25) is 0 Å². The molecule has 0 unspecified atom stereocenters. The number of fused-ring (bicyclic) bond motifs is 1. The van der Waals surface area contributed by atoms with Crippen LogP contribution in [0.3, 0.4) is 0 Å². The van der Waals surface area contributed by atoms with Gasteiger partial charge < -0.3 is 15.2 Å². The minimum absolute atomic E-state index is 0.197. The van der Waals surface area contributed by atoms with Crippen LogP contribution in [-0.4, -0.2) is 15.2 Å². The van der Waals surface area contributed by atoms with Crippen LogP contribution < -0.4 is 0 Å². The van der Waals surface area contributed by atoms with Crippen LogP contribution >= 0.6 is 0 Å². The van der Waals surface area contributed by atoms with E-state index in [1.807, 2.05) is 6.92 Å². The number of H-pyrrole nitrogens is 1. The minimum atomic E-state index is 0.197. The standard InChI is InChI=1S/C10H11NO2/c1-2-7-8-5-6(12)3-4-9(8)11-10(7)13/h3-5,11-13H,2H2,1H3. The van der Waals surface area contributed by atoms with Crippen LogP contribution in [0.2, 0.25) is 0 Å². The Hall–Kier alpha value is -1.64. The highest BCUT2D eigenvalue weighted by molar-refractivity contribution is 5.86. The molecule has 0 radical (unpaired) electrons. The van der Waals surface area contributed by atoms with Crippen LogP contribution in [0, 0.1) is 0 Å². The zero-order valence-corrected chi connectivity index (χ0v) is 7.33. The molecule has 1 aromatic carbocycles. The third-order valence-electron chi connectivity index (χ3n) is 2.22. The molecule has 0 aliphatic heterocycles. The number of hydrogen-bond donors (Lipinski definition) is 3. The van der Waals surface area contributed by atoms with Crippen molar-refractivity contribution in [2.45, 2.75) is 13.3 Å². The van der Waals surface area contributed by atoms with Gasteiger partial charge in [-0.2, -0.15) is 0 Å². The van der Waals surface area contributed by atoms with E-state index in [1.54, 1.807) is 18.2 Å². The van der Waals surface area contributed by atoms with Gasteiger partial charge in [0.25, 0.3) is 0 Å². The molecule has 2 aromatic rings. The zero-order valence-electron chi connectivity index (χ0n) is 7.33. The van der Waals surface area contributed by atoms with Gasteiger partial charge in [0.05, 0.1) is 0 Å². The Labute approximate surface area is 75.6 Å². The van der Waals surface area contributed by atoms with E-state index >= 15 is 0 Å². The number of aromatic nitrogens is 1. The second kappa shape index (κ2) is 2.69. The first-order valence-corrected chi connectivity index (χ1v) is 4.25. The summed E-state index contributed by atoms with van der Waals surface area (Å²) in [7, 11) is 0. The number of aromatic amines is 1. The Kier molecular flexibility index (Phi) is 1.65. The fourth-order valence-corrected chi connectivity index (χ4v) is 1.58. The van der Waals surface area contributed by atoms with Gasteiger partial charge >= 0.3 is 0 Å². The predicted octanol–water partition coefficient (Wildman–Crippen LogP) is 2.14. The Bertz CT molecular complexity index is 445. The van der Waals surface area contributed by atoms with Gasteiger partial charge in [0.1, 0.15) is 5.75 Å². The molecular formula is C10H11NO2. The fourth-order valence-electron chi connectivity index (χ4n) is 1.58. The van der Waals surface area contributed by atoms with E-state index in [0.717, 1.165) is 22.9 Å². The summed E-state index contributed by atoms with van der Waals surface area (Å²) >= 11 is 0. The van der Waals surface area contributed by atoms with Gasteiger partial charge in [-0.15, -0.1) is 0 Å². The van der Waals surface area contributed by atoms with Crippen LogP contribution in [0.1, 0.15) is 12.5 Å². The van der Waals surface area contributed by atoms with Crippen molar-refractivity contribution < 1.29 is 10.2 Å². The number of hydrogen-bond acceptors (Lipinski definition) is 2. The molecule has 3 N–H and O–H groups in total. The molecule has 3 nitrogen and oxygen atoms in total. The van der Waals surface area contributed by atoms with Crippen molar-refractivity contribution in [2.75, 3.05) is 0 Å². The van der Waals surface area contributed by atoms with E-state index in [0.29, 0.717) is 0 Å². The van der Waals surface area contributed by atoms with Gasteiger partial charge in [-0.25, -0.2) is 0 Å². The smallest absolute Gasteiger partial charge is 0.192 e. The Balaban J connectivity index is 2.80. The van der Waals surface area contributed by atoms with Crippen LogP contribution in [0.5, 0.6) is 11.6 Å². The predicted molar refractivity (Wildman–Crippen MR) is 51.0 cm³/mol. The summed E-state index contributed by atoms with van der Waals surface area (Å²) < 4.78 is 0. The average molecular weight is 177 g/mol. The van der Waals surface area contributed by atoms with Crippen LogP contribution in [0.25, 0.3) is 10.9 Å². The van der Waals surface area contributed by atoms with Crippen LogP contribution in [0.15, 0.2) is 18.2 Å². The molecule has 0 bridgehead atoms. The highest BCUT2D eigenvalue weighted by atomic mass is 16.3. The van der Waals surface area contributed by atoms with E-state index in [-0.39, 0.29) is 11.6 Å².